The smallest absolute Gasteiger partial charge is 0.456 e. The number of allylic oxidation sites excluding steroid dienone is 15. The molecule has 0 fully saturated rings. The lowest BCUT2D eigenvalue weighted by molar-refractivity contribution is -0.870. The summed E-state index contributed by atoms with van der Waals surface area (Å²) < 4.78 is 30.9. The number of nitrogens with one attached hydrogen (secondary N) is 1. The molecule has 2 N–H and O–H groups in total. The molecule has 3 atom stereocenters. The number of esters is 1. The van der Waals surface area contributed by atoms with Crippen LogP contribution in [0.1, 0.15) is 335 Å². The number of likely N-dealkylation sites (N-methyl/N-ethyl adjacent to an activating group) is 1. The molecule has 0 aromatic rings. The zero-order valence-electron chi connectivity index (χ0n) is 58.5. The highest BCUT2D eigenvalue weighted by molar-refractivity contribution is 7.47. The number of quaternary nitrogens is 1. The number of amides is 1. The van der Waals surface area contributed by atoms with Crippen molar-refractivity contribution >= 4 is 19.7 Å². The Kier molecular flexibility index (Phi) is 64.5. The van der Waals surface area contributed by atoms with Gasteiger partial charge in [0.2, 0.25) is 5.91 Å². The van der Waals surface area contributed by atoms with Crippen molar-refractivity contribution in [2.45, 2.75) is 348 Å². The SMILES string of the molecule is CCCCC/C=C\C/C=C\C/C=C\C/C=C\CCCCCCCCCCCC(=O)NC(COP(=O)(O)OCC[N+](C)(C)C)C(/C=C/CCCCCCCCCCCC)OC(=O)CCCCCCCCCCCCCC/C=C\C/C=C\C/C=C\CCCCC. The van der Waals surface area contributed by atoms with Gasteiger partial charge in [-0.3, -0.25) is 18.6 Å². The Morgan fingerprint density at radius 2 is 0.693 bits per heavy atom. The van der Waals surface area contributed by atoms with E-state index < -0.39 is 20.0 Å². The van der Waals surface area contributed by atoms with Gasteiger partial charge in [0.15, 0.2) is 0 Å². The molecule has 0 rings (SSSR count). The van der Waals surface area contributed by atoms with Gasteiger partial charge in [-0.1, -0.05) is 305 Å². The maximum atomic E-state index is 13.6. The van der Waals surface area contributed by atoms with Crippen LogP contribution in [-0.2, 0) is 27.9 Å². The standard InChI is InChI=1S/C78H141N2O7P/c1-7-10-13-16-19-22-25-28-30-32-34-36-38-40-42-44-46-48-50-52-55-58-61-64-67-70-77(81)79-75(74-86-88(83,84)85-73-72-80(4,5)6)76(69-66-63-60-57-54-27-24-21-18-15-12-9-3)87-78(82)71-68-65-62-59-56-53-51-49-47-45-43-41-39-37-35-33-31-29-26-23-20-17-14-11-8-2/h19-20,22-23,28-31,34-37,40,42,66,69,75-76H,7-18,21,24-27,32-33,38-39,41,43-65,67-68,70-74H2,1-6H3,(H-,79,81,83,84)/p+1/b22-19-,23-20-,30-28-,31-29-,36-34-,37-35-,42-40-,69-66+. The van der Waals surface area contributed by atoms with E-state index in [-0.39, 0.29) is 31.5 Å². The van der Waals surface area contributed by atoms with Crippen LogP contribution in [0.2, 0.25) is 0 Å². The molecule has 0 aliphatic heterocycles. The predicted octanol–water partition coefficient (Wildman–Crippen LogP) is 23.8. The summed E-state index contributed by atoms with van der Waals surface area (Å²) in [5.41, 5.74) is 0. The predicted molar refractivity (Wildman–Crippen MR) is 383 cm³/mol. The zero-order valence-corrected chi connectivity index (χ0v) is 59.3. The molecule has 88 heavy (non-hydrogen) atoms. The molecule has 0 heterocycles. The molecule has 0 aromatic carbocycles. The second kappa shape index (κ2) is 66.8. The number of hydrogen-bond donors (Lipinski definition) is 2. The van der Waals surface area contributed by atoms with Crippen LogP contribution in [0.4, 0.5) is 0 Å². The number of unbranched alkanes of at least 4 members (excludes halogenated alkanes) is 37. The summed E-state index contributed by atoms with van der Waals surface area (Å²) in [7, 11) is 1.49. The van der Waals surface area contributed by atoms with Crippen LogP contribution in [-0.4, -0.2) is 74.3 Å². The molecule has 0 aromatic heterocycles. The molecule has 510 valence electrons. The number of rotatable bonds is 67. The van der Waals surface area contributed by atoms with Gasteiger partial charge in [0.05, 0.1) is 33.8 Å². The van der Waals surface area contributed by atoms with E-state index in [1.54, 1.807) is 0 Å². The Morgan fingerprint density at radius 1 is 0.398 bits per heavy atom. The summed E-state index contributed by atoms with van der Waals surface area (Å²) >= 11 is 0. The molecule has 0 radical (unpaired) electrons. The van der Waals surface area contributed by atoms with Crippen molar-refractivity contribution in [3.63, 3.8) is 0 Å². The largest absolute Gasteiger partial charge is 0.472 e. The first kappa shape index (κ1) is 84.9. The van der Waals surface area contributed by atoms with E-state index in [1.807, 2.05) is 33.3 Å². The van der Waals surface area contributed by atoms with Gasteiger partial charge in [-0.05, 0) is 115 Å². The number of carbonyl (C=O) groups is 2. The lowest BCUT2D eigenvalue weighted by Crippen LogP contribution is -2.47. The fourth-order valence-electron chi connectivity index (χ4n) is 10.5. The maximum Gasteiger partial charge on any atom is 0.472 e. The molecule has 0 saturated carbocycles. The monoisotopic (exact) mass is 1250 g/mol. The third-order valence-electron chi connectivity index (χ3n) is 16.2. The Bertz CT molecular complexity index is 1830. The van der Waals surface area contributed by atoms with Crippen LogP contribution in [0.3, 0.4) is 0 Å². The molecular formula is C78H142N2O7P+. The number of hydrogen-bond acceptors (Lipinski definition) is 6. The Labute approximate surface area is 545 Å². The van der Waals surface area contributed by atoms with Gasteiger partial charge in [0.1, 0.15) is 19.3 Å². The van der Waals surface area contributed by atoms with Gasteiger partial charge in [-0.25, -0.2) is 4.57 Å². The van der Waals surface area contributed by atoms with Crippen LogP contribution in [0.5, 0.6) is 0 Å². The van der Waals surface area contributed by atoms with E-state index in [4.69, 9.17) is 13.8 Å². The summed E-state index contributed by atoms with van der Waals surface area (Å²) in [4.78, 5) is 38.0. The van der Waals surface area contributed by atoms with Gasteiger partial charge in [-0.2, -0.15) is 0 Å². The first-order valence-corrected chi connectivity index (χ1v) is 38.6. The molecule has 0 aliphatic carbocycles. The zero-order chi connectivity index (χ0) is 64.2. The molecule has 0 aliphatic rings. The van der Waals surface area contributed by atoms with Crippen molar-refractivity contribution in [2.24, 2.45) is 0 Å². The van der Waals surface area contributed by atoms with Gasteiger partial charge >= 0.3 is 13.8 Å². The molecule has 0 spiro atoms. The number of nitrogens with zero attached hydrogens (tertiary/aromatic N) is 1. The Morgan fingerprint density at radius 3 is 1.06 bits per heavy atom. The lowest BCUT2D eigenvalue weighted by Gasteiger charge is -2.27. The average molecular weight is 1250 g/mol. The van der Waals surface area contributed by atoms with Crippen molar-refractivity contribution in [3.8, 4) is 0 Å². The minimum atomic E-state index is -4.46. The van der Waals surface area contributed by atoms with Crippen LogP contribution in [0.15, 0.2) is 97.2 Å². The molecule has 3 unspecified atom stereocenters. The summed E-state index contributed by atoms with van der Waals surface area (Å²) in [6.45, 7) is 6.98. The highest BCUT2D eigenvalue weighted by Crippen LogP contribution is 2.43. The van der Waals surface area contributed by atoms with Gasteiger partial charge < -0.3 is 19.4 Å². The second-order valence-electron chi connectivity index (χ2n) is 26.1. The van der Waals surface area contributed by atoms with E-state index in [2.05, 4.69) is 111 Å². The topological polar surface area (TPSA) is 111 Å². The molecule has 0 bridgehead atoms. The summed E-state index contributed by atoms with van der Waals surface area (Å²) in [5, 5.41) is 3.07. The second-order valence-corrected chi connectivity index (χ2v) is 27.6. The lowest BCUT2D eigenvalue weighted by atomic mass is 10.0. The third kappa shape index (κ3) is 67.3. The van der Waals surface area contributed by atoms with E-state index in [1.165, 1.54) is 199 Å². The number of carbonyl (C=O) groups excluding carboxylic acids is 2. The third-order valence-corrected chi connectivity index (χ3v) is 17.2. The fourth-order valence-corrected chi connectivity index (χ4v) is 11.3. The number of phosphoric ester groups is 1. The number of ether oxygens (including phenoxy) is 1. The first-order chi connectivity index (χ1) is 42.9. The van der Waals surface area contributed by atoms with Crippen molar-refractivity contribution in [1.29, 1.82) is 0 Å². The van der Waals surface area contributed by atoms with E-state index in [0.29, 0.717) is 17.4 Å². The molecular weight excluding hydrogens is 1110 g/mol. The quantitative estimate of drug-likeness (QED) is 0.0205. The Hall–Kier alpha value is -3.07. The molecule has 9 nitrogen and oxygen atoms in total. The normalized spacial score (nSPS) is 14.0. The van der Waals surface area contributed by atoms with Crippen molar-refractivity contribution in [1.82, 2.24) is 5.32 Å². The van der Waals surface area contributed by atoms with Crippen LogP contribution in [0.25, 0.3) is 0 Å². The van der Waals surface area contributed by atoms with Crippen molar-refractivity contribution in [3.05, 3.63) is 97.2 Å². The minimum absolute atomic E-state index is 0.0355. The van der Waals surface area contributed by atoms with Crippen LogP contribution in [0, 0.1) is 0 Å². The maximum absolute atomic E-state index is 13.6. The first-order valence-electron chi connectivity index (χ1n) is 37.1. The van der Waals surface area contributed by atoms with E-state index in [9.17, 15) is 19.0 Å². The highest BCUT2D eigenvalue weighted by Gasteiger charge is 2.30. The Balaban J connectivity index is 5.05. The average Bonchev–Trinajstić information content (AvgIpc) is 3.71. The summed E-state index contributed by atoms with van der Waals surface area (Å²) in [6, 6.07) is -0.859. The van der Waals surface area contributed by atoms with Crippen LogP contribution < -0.4 is 5.32 Å². The van der Waals surface area contributed by atoms with Gasteiger partial charge in [-0.15, -0.1) is 0 Å². The number of phosphoric acid groups is 1. The van der Waals surface area contributed by atoms with Gasteiger partial charge in [0.25, 0.3) is 0 Å². The molecule has 1 amide bonds. The minimum Gasteiger partial charge on any atom is -0.456 e. The summed E-state index contributed by atoms with van der Waals surface area (Å²) in [5.74, 6) is -0.508. The van der Waals surface area contributed by atoms with Crippen molar-refractivity contribution < 1.29 is 37.3 Å². The van der Waals surface area contributed by atoms with E-state index >= 15 is 0 Å². The molecule has 10 heteroatoms. The summed E-state index contributed by atoms with van der Waals surface area (Å²) in [6.07, 6.45) is 91.3. The fraction of sp³-hybridized carbons (Fsp3) is 0.769. The van der Waals surface area contributed by atoms with Crippen molar-refractivity contribution in [2.75, 3.05) is 40.9 Å². The van der Waals surface area contributed by atoms with E-state index in [0.717, 1.165) is 103 Å². The molecule has 0 saturated heterocycles. The van der Waals surface area contributed by atoms with Gasteiger partial charge in [0, 0.05) is 12.8 Å². The highest BCUT2D eigenvalue weighted by atomic mass is 31.2. The van der Waals surface area contributed by atoms with Crippen LogP contribution >= 0.6 is 7.82 Å².